The van der Waals surface area contributed by atoms with Gasteiger partial charge in [0.05, 0.1) is 0 Å². The molecule has 2 nitrogen and oxygen atoms in total. The molecule has 0 aromatic carbocycles. The third-order valence-electron chi connectivity index (χ3n) is 2.57. The summed E-state index contributed by atoms with van der Waals surface area (Å²) >= 11 is 0. The van der Waals surface area contributed by atoms with Crippen LogP contribution >= 0.6 is 0 Å². The van der Waals surface area contributed by atoms with Crippen molar-refractivity contribution in [2.75, 3.05) is 0 Å². The van der Waals surface area contributed by atoms with Crippen LogP contribution in [0.25, 0.3) is 0 Å². The molecule has 19 heavy (non-hydrogen) atoms. The fourth-order valence-electron chi connectivity index (χ4n) is 1.72. The Morgan fingerprint density at radius 3 is 1.47 bits per heavy atom. The molecule has 0 heterocycles. The quantitative estimate of drug-likeness (QED) is 0.430. The van der Waals surface area contributed by atoms with Crippen molar-refractivity contribution in [3.63, 3.8) is 0 Å². The van der Waals surface area contributed by atoms with Crippen LogP contribution < -0.4 is 0 Å². The lowest BCUT2D eigenvalue weighted by molar-refractivity contribution is -0.116. The minimum atomic E-state index is 0.206. The fourth-order valence-corrected chi connectivity index (χ4v) is 1.72. The first-order valence-corrected chi connectivity index (χ1v) is 7.30. The fraction of sp³-hybridized carbons (Fsp3) is 0.647. The molecular weight excluding hydrogens is 236 g/mol. The average Bonchev–Trinajstić information content (AvgIpc) is 2.25. The maximum Gasteiger partial charge on any atom is 0.155 e. The number of allylic oxidation sites excluding steroid dienone is 4. The molecule has 0 spiro atoms. The Balaban J connectivity index is 3.65. The van der Waals surface area contributed by atoms with Crippen LogP contribution in [-0.2, 0) is 9.59 Å². The van der Waals surface area contributed by atoms with Gasteiger partial charge in [0.25, 0.3) is 0 Å². The van der Waals surface area contributed by atoms with Gasteiger partial charge in [0, 0.05) is 12.8 Å². The lowest BCUT2D eigenvalue weighted by Gasteiger charge is -1.99. The first-order valence-electron chi connectivity index (χ1n) is 7.30. The van der Waals surface area contributed by atoms with Crippen LogP contribution in [0.3, 0.4) is 0 Å². The number of hydrogen-bond donors (Lipinski definition) is 0. The van der Waals surface area contributed by atoms with E-state index in [4.69, 9.17) is 0 Å². The first kappa shape index (κ1) is 17.8. The summed E-state index contributed by atoms with van der Waals surface area (Å²) in [5.41, 5.74) is 0. The van der Waals surface area contributed by atoms with Crippen LogP contribution in [0.15, 0.2) is 24.3 Å². The van der Waals surface area contributed by atoms with E-state index in [2.05, 4.69) is 0 Å². The van der Waals surface area contributed by atoms with Crippen molar-refractivity contribution in [3.8, 4) is 0 Å². The van der Waals surface area contributed by atoms with Crippen LogP contribution in [0.4, 0.5) is 0 Å². The van der Waals surface area contributed by atoms with E-state index < -0.39 is 0 Å². The second kappa shape index (κ2) is 10.7. The molecule has 0 saturated heterocycles. The summed E-state index contributed by atoms with van der Waals surface area (Å²) in [6.45, 7) is 8.19. The van der Waals surface area contributed by atoms with E-state index in [9.17, 15) is 9.59 Å². The van der Waals surface area contributed by atoms with Crippen LogP contribution in [0.5, 0.6) is 0 Å². The monoisotopic (exact) mass is 264 g/mol. The van der Waals surface area contributed by atoms with Gasteiger partial charge in [-0.05, 0) is 43.3 Å². The third-order valence-corrected chi connectivity index (χ3v) is 2.57. The van der Waals surface area contributed by atoms with E-state index in [1.54, 1.807) is 12.2 Å². The molecule has 108 valence electrons. The summed E-state index contributed by atoms with van der Waals surface area (Å²) < 4.78 is 0. The zero-order valence-electron chi connectivity index (χ0n) is 12.8. The van der Waals surface area contributed by atoms with Crippen molar-refractivity contribution in [2.24, 2.45) is 11.8 Å². The van der Waals surface area contributed by atoms with Gasteiger partial charge in [-0.3, -0.25) is 9.59 Å². The van der Waals surface area contributed by atoms with Gasteiger partial charge < -0.3 is 0 Å². The predicted octanol–water partition coefficient (Wildman–Crippen LogP) is 4.50. The minimum absolute atomic E-state index is 0.206. The van der Waals surface area contributed by atoms with Crippen molar-refractivity contribution in [3.05, 3.63) is 24.3 Å². The molecule has 0 N–H and O–H groups in total. The lowest BCUT2D eigenvalue weighted by atomic mass is 10.1. The Morgan fingerprint density at radius 1 is 0.789 bits per heavy atom. The molecule has 0 rings (SSSR count). The standard InChI is InChI=1S/C17H28O2/c1-14(2)12-16(18)10-8-6-5-7-9-11-17(19)13-15(3)4/h8-11,14-15H,5-7,12-13H2,1-4H3/b10-8+,11-9+. The molecule has 0 aliphatic rings. The Kier molecular flexibility index (Phi) is 10.1. The molecule has 0 unspecified atom stereocenters. The molecule has 0 radical (unpaired) electrons. The van der Waals surface area contributed by atoms with Crippen LogP contribution in [0, 0.1) is 11.8 Å². The first-order chi connectivity index (χ1) is 8.91. The van der Waals surface area contributed by atoms with E-state index in [0.717, 1.165) is 19.3 Å². The van der Waals surface area contributed by atoms with Gasteiger partial charge in [-0.25, -0.2) is 0 Å². The van der Waals surface area contributed by atoms with Gasteiger partial charge in [0.2, 0.25) is 0 Å². The molecule has 0 aromatic heterocycles. The van der Waals surface area contributed by atoms with Crippen LogP contribution in [0.1, 0.15) is 59.8 Å². The summed E-state index contributed by atoms with van der Waals surface area (Å²) in [5, 5.41) is 0. The summed E-state index contributed by atoms with van der Waals surface area (Å²) in [7, 11) is 0. The number of rotatable bonds is 10. The van der Waals surface area contributed by atoms with Gasteiger partial charge in [0.1, 0.15) is 0 Å². The highest BCUT2D eigenvalue weighted by Crippen LogP contribution is 2.04. The molecule has 0 aliphatic heterocycles. The zero-order valence-corrected chi connectivity index (χ0v) is 12.8. The number of carbonyl (C=O) groups excluding carboxylic acids is 2. The van der Waals surface area contributed by atoms with Gasteiger partial charge in [0.15, 0.2) is 11.6 Å². The largest absolute Gasteiger partial charge is 0.295 e. The van der Waals surface area contributed by atoms with Gasteiger partial charge >= 0.3 is 0 Å². The highest BCUT2D eigenvalue weighted by Gasteiger charge is 2.00. The molecule has 0 amide bonds. The van der Waals surface area contributed by atoms with E-state index in [0.29, 0.717) is 24.7 Å². The minimum Gasteiger partial charge on any atom is -0.295 e. The lowest BCUT2D eigenvalue weighted by Crippen LogP contribution is -1.98. The van der Waals surface area contributed by atoms with E-state index >= 15 is 0 Å². The second-order valence-corrected chi connectivity index (χ2v) is 5.86. The molecular formula is C17H28O2. The highest BCUT2D eigenvalue weighted by atomic mass is 16.1. The molecule has 0 fully saturated rings. The van der Waals surface area contributed by atoms with Crippen molar-refractivity contribution in [2.45, 2.75) is 59.8 Å². The SMILES string of the molecule is CC(C)CC(=O)/C=C/CCC/C=C/C(=O)CC(C)C. The Morgan fingerprint density at radius 2 is 1.16 bits per heavy atom. The van der Waals surface area contributed by atoms with Crippen molar-refractivity contribution < 1.29 is 9.59 Å². The topological polar surface area (TPSA) is 34.1 Å². The van der Waals surface area contributed by atoms with Crippen LogP contribution in [-0.4, -0.2) is 11.6 Å². The predicted molar refractivity (Wildman–Crippen MR) is 81.1 cm³/mol. The van der Waals surface area contributed by atoms with E-state index in [1.165, 1.54) is 0 Å². The summed E-state index contributed by atoms with van der Waals surface area (Å²) in [6.07, 6.45) is 11.3. The van der Waals surface area contributed by atoms with Gasteiger partial charge in [-0.1, -0.05) is 39.8 Å². The number of ketones is 2. The summed E-state index contributed by atoms with van der Waals surface area (Å²) in [5.74, 6) is 1.26. The highest BCUT2D eigenvalue weighted by molar-refractivity contribution is 5.90. The normalized spacial score (nSPS) is 12.1. The maximum atomic E-state index is 11.4. The van der Waals surface area contributed by atoms with Crippen LogP contribution in [0.2, 0.25) is 0 Å². The number of unbranched alkanes of at least 4 members (excludes halogenated alkanes) is 2. The number of hydrogen-bond acceptors (Lipinski definition) is 2. The molecule has 0 saturated carbocycles. The van der Waals surface area contributed by atoms with Gasteiger partial charge in [-0.2, -0.15) is 0 Å². The van der Waals surface area contributed by atoms with Crippen molar-refractivity contribution in [1.82, 2.24) is 0 Å². The van der Waals surface area contributed by atoms with Gasteiger partial charge in [-0.15, -0.1) is 0 Å². The smallest absolute Gasteiger partial charge is 0.155 e. The third kappa shape index (κ3) is 13.1. The Bertz CT molecular complexity index is 290. The molecule has 0 bridgehead atoms. The summed E-state index contributed by atoms with van der Waals surface area (Å²) in [6, 6.07) is 0. The van der Waals surface area contributed by atoms with Crippen molar-refractivity contribution >= 4 is 11.6 Å². The summed E-state index contributed by atoms with van der Waals surface area (Å²) in [4.78, 5) is 22.8. The number of carbonyl (C=O) groups is 2. The Labute approximate surface area is 118 Å². The molecule has 0 aliphatic carbocycles. The zero-order chi connectivity index (χ0) is 14.7. The molecule has 0 atom stereocenters. The average molecular weight is 264 g/mol. The van der Waals surface area contributed by atoms with E-state index in [-0.39, 0.29) is 11.6 Å². The molecule has 2 heteroatoms. The maximum absolute atomic E-state index is 11.4. The second-order valence-electron chi connectivity index (χ2n) is 5.86. The Hall–Kier alpha value is -1.18. The molecule has 0 aromatic rings. The van der Waals surface area contributed by atoms with Crippen molar-refractivity contribution in [1.29, 1.82) is 0 Å². The van der Waals surface area contributed by atoms with E-state index in [1.807, 2.05) is 39.8 Å².